The second kappa shape index (κ2) is 5.63. The fourth-order valence-electron chi connectivity index (χ4n) is 2.80. The lowest BCUT2D eigenvalue weighted by Gasteiger charge is -2.29. The average Bonchev–Trinajstić information content (AvgIpc) is 2.88. The lowest BCUT2D eigenvalue weighted by atomic mass is 9.94. The summed E-state index contributed by atoms with van der Waals surface area (Å²) < 4.78 is 19.6. The van der Waals surface area contributed by atoms with Gasteiger partial charge in [-0.2, -0.15) is 4.74 Å². The predicted octanol–water partition coefficient (Wildman–Crippen LogP) is 2.12. The molecule has 0 aliphatic carbocycles. The SMILES string of the molecule is O=c1ccon1[C@H]1CCN[C@@H](Cc2ccc(F)cc2)C1. The predicted molar refractivity (Wildman–Crippen MR) is 73.1 cm³/mol. The molecule has 1 aliphatic heterocycles. The first-order valence-corrected chi connectivity index (χ1v) is 6.87. The number of benzene rings is 1. The lowest BCUT2D eigenvalue weighted by Crippen LogP contribution is -2.41. The zero-order valence-electron chi connectivity index (χ0n) is 11.1. The standard InChI is InChI=1S/C15H17FN2O2/c16-12-3-1-11(2-4-12)9-13-10-14(5-7-17-13)18-15(19)6-8-20-18/h1-4,6,8,13-14,17H,5,7,9-10H2/t13-,14-/m0/s1. The molecule has 0 saturated carbocycles. The van der Waals surface area contributed by atoms with Crippen LogP contribution in [0.25, 0.3) is 0 Å². The largest absolute Gasteiger partial charge is 0.384 e. The highest BCUT2D eigenvalue weighted by atomic mass is 19.1. The smallest absolute Gasteiger partial charge is 0.282 e. The molecule has 0 bridgehead atoms. The Hall–Kier alpha value is -1.88. The minimum absolute atomic E-state index is 0.0857. The van der Waals surface area contributed by atoms with Crippen molar-refractivity contribution >= 4 is 0 Å². The summed E-state index contributed by atoms with van der Waals surface area (Å²) >= 11 is 0. The quantitative estimate of drug-likeness (QED) is 0.934. The van der Waals surface area contributed by atoms with E-state index in [1.165, 1.54) is 29.2 Å². The van der Waals surface area contributed by atoms with Crippen LogP contribution in [0.1, 0.15) is 24.4 Å². The van der Waals surface area contributed by atoms with Crippen molar-refractivity contribution in [1.82, 2.24) is 10.1 Å². The number of piperidine rings is 1. The first kappa shape index (κ1) is 13.1. The molecule has 0 radical (unpaired) electrons. The van der Waals surface area contributed by atoms with Crippen LogP contribution in [0, 0.1) is 5.82 Å². The first-order valence-electron chi connectivity index (χ1n) is 6.87. The third kappa shape index (κ3) is 2.82. The zero-order valence-corrected chi connectivity index (χ0v) is 11.1. The van der Waals surface area contributed by atoms with E-state index in [1.807, 2.05) is 0 Å². The first-order chi connectivity index (χ1) is 9.72. The third-order valence-electron chi connectivity index (χ3n) is 3.80. The maximum atomic E-state index is 12.9. The number of hydrogen-bond acceptors (Lipinski definition) is 3. The van der Waals surface area contributed by atoms with Crippen molar-refractivity contribution in [3.05, 3.63) is 58.3 Å². The number of nitrogens with one attached hydrogen (secondary N) is 1. The van der Waals surface area contributed by atoms with E-state index in [0.29, 0.717) is 0 Å². The molecule has 1 aliphatic rings. The number of halogens is 1. The van der Waals surface area contributed by atoms with Crippen LogP contribution in [0.3, 0.4) is 0 Å². The molecule has 4 nitrogen and oxygen atoms in total. The molecule has 1 aromatic carbocycles. The summed E-state index contributed by atoms with van der Waals surface area (Å²) in [5, 5.41) is 3.44. The van der Waals surface area contributed by atoms with Gasteiger partial charge in [-0.05, 0) is 43.5 Å². The van der Waals surface area contributed by atoms with Crippen molar-refractivity contribution in [3.8, 4) is 0 Å². The third-order valence-corrected chi connectivity index (χ3v) is 3.80. The van der Waals surface area contributed by atoms with Gasteiger partial charge in [-0.3, -0.25) is 4.79 Å². The van der Waals surface area contributed by atoms with E-state index in [9.17, 15) is 9.18 Å². The molecule has 1 fully saturated rings. The van der Waals surface area contributed by atoms with Crippen LogP contribution in [0.5, 0.6) is 0 Å². The minimum Gasteiger partial charge on any atom is -0.384 e. The van der Waals surface area contributed by atoms with Crippen LogP contribution < -0.4 is 10.9 Å². The average molecular weight is 276 g/mol. The number of rotatable bonds is 3. The molecule has 0 unspecified atom stereocenters. The van der Waals surface area contributed by atoms with Crippen molar-refractivity contribution in [2.24, 2.45) is 0 Å². The van der Waals surface area contributed by atoms with Crippen molar-refractivity contribution < 1.29 is 8.91 Å². The van der Waals surface area contributed by atoms with Crippen LogP contribution in [0.4, 0.5) is 4.39 Å². The number of hydrogen-bond donors (Lipinski definition) is 1. The maximum Gasteiger partial charge on any atom is 0.282 e. The van der Waals surface area contributed by atoms with Crippen molar-refractivity contribution in [2.45, 2.75) is 31.3 Å². The molecular weight excluding hydrogens is 259 g/mol. The Morgan fingerprint density at radius 3 is 2.80 bits per heavy atom. The van der Waals surface area contributed by atoms with E-state index >= 15 is 0 Å². The van der Waals surface area contributed by atoms with Crippen LogP contribution >= 0.6 is 0 Å². The monoisotopic (exact) mass is 276 g/mol. The molecule has 0 spiro atoms. The van der Waals surface area contributed by atoms with Gasteiger partial charge >= 0.3 is 0 Å². The van der Waals surface area contributed by atoms with Crippen molar-refractivity contribution in [3.63, 3.8) is 0 Å². The van der Waals surface area contributed by atoms with Gasteiger partial charge in [0.1, 0.15) is 12.1 Å². The van der Waals surface area contributed by atoms with Crippen LogP contribution in [-0.2, 0) is 6.42 Å². The molecule has 20 heavy (non-hydrogen) atoms. The van der Waals surface area contributed by atoms with Gasteiger partial charge in [-0.25, -0.2) is 4.39 Å². The molecule has 2 heterocycles. The van der Waals surface area contributed by atoms with Crippen molar-refractivity contribution in [1.29, 1.82) is 0 Å². The van der Waals surface area contributed by atoms with Gasteiger partial charge in [0.15, 0.2) is 0 Å². The molecule has 1 saturated heterocycles. The van der Waals surface area contributed by atoms with E-state index in [2.05, 4.69) is 5.32 Å². The molecule has 1 N–H and O–H groups in total. The van der Waals surface area contributed by atoms with E-state index in [0.717, 1.165) is 31.4 Å². The Kier molecular flexibility index (Phi) is 3.69. The highest BCUT2D eigenvalue weighted by Crippen LogP contribution is 2.22. The summed E-state index contributed by atoms with van der Waals surface area (Å²) in [7, 11) is 0. The minimum atomic E-state index is -0.217. The molecule has 0 amide bonds. The lowest BCUT2D eigenvalue weighted by molar-refractivity contribution is 0.161. The highest BCUT2D eigenvalue weighted by molar-refractivity contribution is 5.17. The summed E-state index contributed by atoms with van der Waals surface area (Å²) in [6.07, 6.45) is 3.98. The molecule has 2 aromatic rings. The van der Waals surface area contributed by atoms with Gasteiger partial charge in [0, 0.05) is 12.1 Å². The van der Waals surface area contributed by atoms with Crippen molar-refractivity contribution in [2.75, 3.05) is 6.54 Å². The van der Waals surface area contributed by atoms with Gasteiger partial charge in [0.2, 0.25) is 0 Å². The maximum absolute atomic E-state index is 12.9. The Morgan fingerprint density at radius 2 is 2.10 bits per heavy atom. The summed E-state index contributed by atoms with van der Waals surface area (Å²) in [4.78, 5) is 11.6. The van der Waals surface area contributed by atoms with E-state index in [1.54, 1.807) is 12.1 Å². The number of aromatic nitrogens is 1. The zero-order chi connectivity index (χ0) is 13.9. The van der Waals surface area contributed by atoms with Crippen LogP contribution in [0.15, 0.2) is 45.9 Å². The molecule has 1 aromatic heterocycles. The van der Waals surface area contributed by atoms with E-state index < -0.39 is 0 Å². The molecule has 3 rings (SSSR count). The van der Waals surface area contributed by atoms with Gasteiger partial charge in [0.05, 0.1) is 6.04 Å². The number of nitrogens with zero attached hydrogens (tertiary/aromatic N) is 1. The summed E-state index contributed by atoms with van der Waals surface area (Å²) in [6, 6.07) is 8.39. The molecule has 106 valence electrons. The Bertz CT molecular complexity index is 617. The second-order valence-electron chi connectivity index (χ2n) is 5.23. The Balaban J connectivity index is 1.68. The second-order valence-corrected chi connectivity index (χ2v) is 5.23. The summed E-state index contributed by atoms with van der Waals surface area (Å²) in [5.74, 6) is -0.217. The Labute approximate surface area is 116 Å². The van der Waals surface area contributed by atoms with Gasteiger partial charge in [-0.15, -0.1) is 0 Å². The Morgan fingerprint density at radius 1 is 1.30 bits per heavy atom. The fraction of sp³-hybridized carbons (Fsp3) is 0.400. The summed E-state index contributed by atoms with van der Waals surface area (Å²) in [6.45, 7) is 0.851. The van der Waals surface area contributed by atoms with E-state index in [4.69, 9.17) is 4.52 Å². The van der Waals surface area contributed by atoms with Gasteiger partial charge < -0.3 is 9.84 Å². The highest BCUT2D eigenvalue weighted by Gasteiger charge is 2.25. The van der Waals surface area contributed by atoms with E-state index in [-0.39, 0.29) is 23.5 Å². The van der Waals surface area contributed by atoms with Crippen LogP contribution in [0.2, 0.25) is 0 Å². The van der Waals surface area contributed by atoms with Gasteiger partial charge in [0.25, 0.3) is 5.56 Å². The summed E-state index contributed by atoms with van der Waals surface area (Å²) in [5.41, 5.74) is 1.01. The molecule has 5 heteroatoms. The normalized spacial score (nSPS) is 22.9. The van der Waals surface area contributed by atoms with Gasteiger partial charge in [-0.1, -0.05) is 12.1 Å². The van der Waals surface area contributed by atoms with Crippen LogP contribution in [-0.4, -0.2) is 17.3 Å². The topological polar surface area (TPSA) is 47.2 Å². The fourth-order valence-corrected chi connectivity index (χ4v) is 2.80. The molecular formula is C15H17FN2O2. The molecule has 2 atom stereocenters.